The lowest BCUT2D eigenvalue weighted by Gasteiger charge is -2.44. The summed E-state index contributed by atoms with van der Waals surface area (Å²) in [7, 11) is 3.30. The van der Waals surface area contributed by atoms with Gasteiger partial charge in [-0.1, -0.05) is 39.8 Å². The molecule has 73 heavy (non-hydrogen) atoms. The molecule has 4 fully saturated rings. The Hall–Kier alpha value is -5.73. The summed E-state index contributed by atoms with van der Waals surface area (Å²) in [6, 6.07) is 7.29. The zero-order valence-corrected chi connectivity index (χ0v) is 44.3. The monoisotopic (exact) mass is 1020 g/mol. The van der Waals surface area contributed by atoms with E-state index in [4.69, 9.17) is 24.2 Å². The van der Waals surface area contributed by atoms with E-state index in [1.807, 2.05) is 36.3 Å². The number of rotatable bonds is 11. The molecule has 3 saturated heterocycles. The van der Waals surface area contributed by atoms with Crippen molar-refractivity contribution in [1.82, 2.24) is 49.9 Å². The van der Waals surface area contributed by atoms with Gasteiger partial charge in [0.15, 0.2) is 0 Å². The molecular formula is C54H72N10O8S. The Morgan fingerprint density at radius 1 is 1.08 bits per heavy atom. The first-order chi connectivity index (χ1) is 35.1. The van der Waals surface area contributed by atoms with Crippen molar-refractivity contribution in [3.63, 3.8) is 0 Å². The second-order valence-electron chi connectivity index (χ2n) is 21.4. The summed E-state index contributed by atoms with van der Waals surface area (Å²) in [4.78, 5) is 88.6. The first-order valence-corrected chi connectivity index (χ1v) is 26.9. The van der Waals surface area contributed by atoms with Gasteiger partial charge >= 0.3 is 12.0 Å². The van der Waals surface area contributed by atoms with Crippen molar-refractivity contribution in [2.24, 2.45) is 11.3 Å². The Bertz CT molecular complexity index is 2720. The summed E-state index contributed by atoms with van der Waals surface area (Å²) in [5.41, 5.74) is 8.87. The van der Waals surface area contributed by atoms with E-state index in [1.54, 1.807) is 31.3 Å². The number of carbonyl (C=O) groups excluding carboxylic acids is 5. The highest BCUT2D eigenvalue weighted by Gasteiger charge is 2.54. The fourth-order valence-corrected chi connectivity index (χ4v) is 12.0. The highest BCUT2D eigenvalue weighted by atomic mass is 32.1. The quantitative estimate of drug-likeness (QED) is 0.147. The van der Waals surface area contributed by atoms with Gasteiger partial charge in [-0.05, 0) is 74.8 Å². The first-order valence-electron chi connectivity index (χ1n) is 26.0. The molecule has 19 heteroatoms. The fraction of sp³-hybridized carbons (Fsp3) is 0.574. The predicted molar refractivity (Wildman–Crippen MR) is 278 cm³/mol. The lowest BCUT2D eigenvalue weighted by molar-refractivity contribution is -0.155. The molecule has 1 unspecified atom stereocenters. The number of urea groups is 1. The number of aromatic nitrogens is 3. The van der Waals surface area contributed by atoms with Gasteiger partial charge < -0.3 is 38.8 Å². The minimum Gasteiger partial charge on any atom is -0.464 e. The van der Waals surface area contributed by atoms with Crippen LogP contribution < -0.4 is 10.7 Å². The third kappa shape index (κ3) is 11.2. The Morgan fingerprint density at radius 3 is 2.62 bits per heavy atom. The summed E-state index contributed by atoms with van der Waals surface area (Å²) in [6.07, 6.45) is 8.62. The number of methoxy groups -OCH3 is 1. The number of nitrogens with one attached hydrogen (secondary N) is 2. The van der Waals surface area contributed by atoms with Crippen molar-refractivity contribution < 1.29 is 38.2 Å². The Kier molecular flexibility index (Phi) is 15.7. The number of amides is 5. The Labute approximate surface area is 432 Å². The zero-order valence-electron chi connectivity index (χ0n) is 43.5. The van der Waals surface area contributed by atoms with Gasteiger partial charge in [0.05, 0.1) is 54.1 Å². The third-order valence-electron chi connectivity index (χ3n) is 15.1. The number of cyclic esters (lactones) is 1. The molecule has 1 aliphatic carbocycles. The number of morpholine rings is 1. The van der Waals surface area contributed by atoms with E-state index in [-0.39, 0.29) is 30.9 Å². The maximum atomic E-state index is 14.8. The number of nitrogens with zero attached hydrogens (tertiary/aromatic N) is 8. The smallest absolute Gasteiger partial charge is 0.324 e. The maximum Gasteiger partial charge on any atom is 0.324 e. The molecule has 6 bridgehead atoms. The Morgan fingerprint density at radius 2 is 1.88 bits per heavy atom. The molecule has 5 amide bonds. The van der Waals surface area contributed by atoms with Crippen molar-refractivity contribution in [2.45, 2.75) is 110 Å². The standard InChI is InChI=1S/C54H72N10O8S/c1-8-62-44-16-15-36-28-38(44)39(48(62)37-12-9-19-55-42(37)31-70-7)30-53(4,5)34-72-51(68)40-13-10-21-64(58-40)50(67)41(29-45-56-43(36)32-73-45)57-49(66)47(35(2)3)59(6)52(69)61-22-23-63(54(33-61)17-18-54)46(65)14-11-20-60-24-26-71-27-25-60/h9,11-12,14-16,19,28,32,35,40-41,47,58H,8,10,13,17-18,20-27,29-31,33-34H2,1-7H3,(H,57,66)/b14-11+/t40-,41-,47?/m0/s1. The summed E-state index contributed by atoms with van der Waals surface area (Å²) in [5.74, 6) is -1.72. The minimum absolute atomic E-state index is 0.0485. The van der Waals surface area contributed by atoms with Crippen molar-refractivity contribution in [3.8, 4) is 22.5 Å². The van der Waals surface area contributed by atoms with Crippen LogP contribution in [-0.2, 0) is 59.4 Å². The normalized spacial score (nSPS) is 21.9. The number of aryl methyl sites for hydroxylation is 1. The number of benzene rings is 1. The van der Waals surface area contributed by atoms with E-state index in [9.17, 15) is 24.0 Å². The van der Waals surface area contributed by atoms with Crippen LogP contribution in [0.15, 0.2) is 54.1 Å². The fourth-order valence-electron chi connectivity index (χ4n) is 11.2. The summed E-state index contributed by atoms with van der Waals surface area (Å²) in [5, 5.41) is 8.18. The van der Waals surface area contributed by atoms with Crippen LogP contribution in [0.4, 0.5) is 4.79 Å². The van der Waals surface area contributed by atoms with Gasteiger partial charge in [0, 0.05) is 118 Å². The average molecular weight is 1020 g/mol. The molecular weight excluding hydrogens is 949 g/mol. The lowest BCUT2D eigenvalue weighted by Crippen LogP contribution is -2.64. The molecule has 7 heterocycles. The summed E-state index contributed by atoms with van der Waals surface area (Å²) in [6.45, 7) is 16.4. The van der Waals surface area contributed by atoms with Gasteiger partial charge in [0.25, 0.3) is 5.91 Å². The van der Waals surface area contributed by atoms with Gasteiger partial charge in [-0.25, -0.2) is 15.2 Å². The van der Waals surface area contributed by atoms with Gasteiger partial charge in [0.2, 0.25) is 11.8 Å². The lowest BCUT2D eigenvalue weighted by atomic mass is 9.84. The van der Waals surface area contributed by atoms with Crippen molar-refractivity contribution in [2.75, 3.05) is 79.8 Å². The predicted octanol–water partition coefficient (Wildman–Crippen LogP) is 5.28. The maximum absolute atomic E-state index is 14.8. The van der Waals surface area contributed by atoms with Gasteiger partial charge in [-0.3, -0.25) is 34.1 Å². The molecule has 9 rings (SSSR count). The van der Waals surface area contributed by atoms with Crippen LogP contribution in [0.25, 0.3) is 33.4 Å². The number of fused-ring (bicyclic) bond motifs is 6. The van der Waals surface area contributed by atoms with E-state index in [0.717, 1.165) is 70.6 Å². The highest BCUT2D eigenvalue weighted by molar-refractivity contribution is 7.10. The molecule has 4 aliphatic heterocycles. The number of ether oxygens (including phenoxy) is 3. The van der Waals surface area contributed by atoms with Crippen molar-refractivity contribution in [1.29, 1.82) is 0 Å². The topological polar surface area (TPSA) is 184 Å². The molecule has 3 aromatic heterocycles. The van der Waals surface area contributed by atoms with Crippen molar-refractivity contribution in [3.05, 3.63) is 70.3 Å². The molecule has 1 spiro atoms. The molecule has 1 aromatic carbocycles. The molecule has 1 saturated carbocycles. The van der Waals surface area contributed by atoms with Gasteiger partial charge in [0.1, 0.15) is 18.1 Å². The molecule has 4 aromatic rings. The SMILES string of the molecule is CCn1c(-c2cccnc2COC)c2c3cc(ccc31)-c1csc(n1)C[C@H](NC(=O)C(C(C)C)N(C)C(=O)N1CCN(C(=O)/C=C/CN3CCOCC3)C3(CC3)C1)C(=O)N1CCC[C@H](N1)C(=O)OCC(C)(C)C2. The van der Waals surface area contributed by atoms with E-state index in [2.05, 4.69) is 65.2 Å². The number of hydrogen-bond acceptors (Lipinski definition) is 13. The molecule has 5 aliphatic rings. The molecule has 3 atom stereocenters. The van der Waals surface area contributed by atoms with Crippen molar-refractivity contribution >= 4 is 52.0 Å². The van der Waals surface area contributed by atoms with Crippen LogP contribution in [0.5, 0.6) is 0 Å². The van der Waals surface area contributed by atoms with E-state index in [0.29, 0.717) is 83.4 Å². The van der Waals surface area contributed by atoms with Gasteiger partial charge in [-0.15, -0.1) is 11.3 Å². The van der Waals surface area contributed by atoms with Crippen LogP contribution in [0.2, 0.25) is 0 Å². The number of hydrogen-bond donors (Lipinski definition) is 2. The molecule has 392 valence electrons. The van der Waals surface area contributed by atoms with Crippen LogP contribution in [0.1, 0.15) is 76.6 Å². The van der Waals surface area contributed by atoms with Crippen LogP contribution in [0, 0.1) is 11.3 Å². The second kappa shape index (κ2) is 22.0. The summed E-state index contributed by atoms with van der Waals surface area (Å²) >= 11 is 1.41. The van der Waals surface area contributed by atoms with Crippen LogP contribution >= 0.6 is 11.3 Å². The number of hydrazine groups is 1. The van der Waals surface area contributed by atoms with E-state index in [1.165, 1.54) is 21.2 Å². The largest absolute Gasteiger partial charge is 0.464 e. The van der Waals surface area contributed by atoms with E-state index >= 15 is 0 Å². The van der Waals surface area contributed by atoms with E-state index < -0.39 is 46.9 Å². The number of likely N-dealkylation sites (N-methyl/N-ethyl adjacent to an activating group) is 1. The van der Waals surface area contributed by atoms with Gasteiger partial charge in [-0.2, -0.15) is 0 Å². The highest BCUT2D eigenvalue weighted by Crippen LogP contribution is 2.45. The second-order valence-corrected chi connectivity index (χ2v) is 22.4. The number of carbonyl (C=O) groups is 5. The summed E-state index contributed by atoms with van der Waals surface area (Å²) < 4.78 is 19.5. The number of piperazine rings is 1. The number of esters is 1. The zero-order chi connectivity index (χ0) is 51.6. The van der Waals surface area contributed by atoms with Crippen LogP contribution in [0.3, 0.4) is 0 Å². The first kappa shape index (κ1) is 52.1. The average Bonchev–Trinajstić information content (AvgIpc) is 3.85. The molecule has 2 N–H and O–H groups in total. The van der Waals surface area contributed by atoms with Crippen LogP contribution in [-0.4, -0.2) is 172 Å². The minimum atomic E-state index is -1.09. The molecule has 18 nitrogen and oxygen atoms in total. The third-order valence-corrected chi connectivity index (χ3v) is 16.0. The Balaban J connectivity index is 0.980. The molecule has 0 radical (unpaired) electrons. The number of thiazole rings is 1. The number of pyridine rings is 1.